The molecule has 0 saturated heterocycles. The van der Waals surface area contributed by atoms with Gasteiger partial charge in [0.2, 0.25) is 5.91 Å². The maximum atomic E-state index is 12.4. The summed E-state index contributed by atoms with van der Waals surface area (Å²) in [5.41, 5.74) is 1.23. The lowest BCUT2D eigenvalue weighted by molar-refractivity contribution is -0.120. The molecule has 0 aromatic carbocycles. The number of rotatable bonds is 4. The molecule has 1 saturated carbocycles. The number of fused-ring (bicyclic) bond motifs is 1. The average Bonchev–Trinajstić information content (AvgIpc) is 3.08. The van der Waals surface area contributed by atoms with E-state index < -0.39 is 0 Å². The third-order valence-corrected chi connectivity index (χ3v) is 6.65. The monoisotopic (exact) mass is 349 g/mol. The van der Waals surface area contributed by atoms with Gasteiger partial charge in [0, 0.05) is 16.3 Å². The van der Waals surface area contributed by atoms with Crippen LogP contribution < -0.4 is 5.32 Å². The van der Waals surface area contributed by atoms with Crippen molar-refractivity contribution in [3.63, 3.8) is 0 Å². The van der Waals surface area contributed by atoms with Crippen molar-refractivity contribution in [2.24, 2.45) is 0 Å². The van der Waals surface area contributed by atoms with Crippen LogP contribution in [0.25, 0.3) is 10.2 Å². The van der Waals surface area contributed by atoms with Crippen LogP contribution in [-0.4, -0.2) is 27.2 Å². The van der Waals surface area contributed by atoms with Gasteiger partial charge in [0.15, 0.2) is 0 Å². The van der Waals surface area contributed by atoms with Crippen molar-refractivity contribution >= 4 is 39.2 Å². The second-order valence-electron chi connectivity index (χ2n) is 6.29. The zero-order valence-corrected chi connectivity index (χ0v) is 15.7. The molecule has 1 N–H and O–H groups in total. The first-order valence-corrected chi connectivity index (χ1v) is 9.86. The first kappa shape index (κ1) is 16.7. The van der Waals surface area contributed by atoms with Crippen molar-refractivity contribution in [3.05, 3.63) is 16.3 Å². The Morgan fingerprint density at radius 1 is 1.26 bits per heavy atom. The molecule has 1 atom stereocenters. The number of hydrogen-bond acceptors (Lipinski definition) is 5. The van der Waals surface area contributed by atoms with E-state index in [-0.39, 0.29) is 11.2 Å². The van der Waals surface area contributed by atoms with Crippen LogP contribution in [0.3, 0.4) is 0 Å². The Bertz CT molecular complexity index is 735. The molecule has 0 unspecified atom stereocenters. The van der Waals surface area contributed by atoms with E-state index in [0.29, 0.717) is 6.04 Å². The Morgan fingerprint density at radius 3 is 2.65 bits per heavy atom. The summed E-state index contributed by atoms with van der Waals surface area (Å²) in [6.45, 7) is 8.10. The fraction of sp³-hybridized carbons (Fsp3) is 0.588. The van der Waals surface area contributed by atoms with E-state index in [0.717, 1.165) is 33.9 Å². The summed E-state index contributed by atoms with van der Waals surface area (Å²) in [6, 6.07) is 0.364. The third-order valence-electron chi connectivity index (χ3n) is 4.47. The number of carbonyl (C=O) groups is 1. The van der Waals surface area contributed by atoms with Gasteiger partial charge in [-0.3, -0.25) is 4.79 Å². The number of carbonyl (C=O) groups excluding carboxylic acids is 1. The highest BCUT2D eigenvalue weighted by atomic mass is 32.2. The largest absolute Gasteiger partial charge is 0.352 e. The van der Waals surface area contributed by atoms with Crippen LogP contribution in [0.1, 0.15) is 48.9 Å². The van der Waals surface area contributed by atoms with Gasteiger partial charge in [-0.05, 0) is 46.1 Å². The van der Waals surface area contributed by atoms with Gasteiger partial charge in [-0.25, -0.2) is 9.97 Å². The lowest BCUT2D eigenvalue weighted by Gasteiger charge is -2.16. The minimum Gasteiger partial charge on any atom is -0.352 e. The van der Waals surface area contributed by atoms with E-state index in [4.69, 9.17) is 0 Å². The number of aryl methyl sites for hydroxylation is 3. The molecule has 23 heavy (non-hydrogen) atoms. The van der Waals surface area contributed by atoms with Crippen molar-refractivity contribution in [3.8, 4) is 0 Å². The molecule has 1 aliphatic carbocycles. The fourth-order valence-electron chi connectivity index (χ4n) is 3.01. The third kappa shape index (κ3) is 3.53. The van der Waals surface area contributed by atoms with Crippen molar-refractivity contribution in [2.75, 3.05) is 0 Å². The van der Waals surface area contributed by atoms with E-state index >= 15 is 0 Å². The molecular formula is C17H23N3OS2. The van der Waals surface area contributed by atoms with Crippen LogP contribution in [0.2, 0.25) is 0 Å². The molecular weight excluding hydrogens is 326 g/mol. The summed E-state index contributed by atoms with van der Waals surface area (Å²) in [7, 11) is 0. The quantitative estimate of drug-likeness (QED) is 0.665. The number of amides is 1. The van der Waals surface area contributed by atoms with Crippen molar-refractivity contribution in [2.45, 2.75) is 69.7 Å². The average molecular weight is 350 g/mol. The number of nitrogens with one attached hydrogen (secondary N) is 1. The summed E-state index contributed by atoms with van der Waals surface area (Å²) in [5.74, 6) is 0.889. The maximum Gasteiger partial charge on any atom is 0.233 e. The first-order chi connectivity index (χ1) is 11.0. The lowest BCUT2D eigenvalue weighted by Crippen LogP contribution is -2.37. The minimum absolute atomic E-state index is 0.121. The minimum atomic E-state index is -0.146. The van der Waals surface area contributed by atoms with Crippen molar-refractivity contribution < 1.29 is 4.79 Å². The molecule has 1 fully saturated rings. The zero-order valence-electron chi connectivity index (χ0n) is 14.1. The first-order valence-electron chi connectivity index (χ1n) is 8.17. The summed E-state index contributed by atoms with van der Waals surface area (Å²) in [6.07, 6.45) is 4.68. The molecule has 0 aliphatic heterocycles. The highest BCUT2D eigenvalue weighted by Gasteiger charge is 2.23. The molecule has 0 bridgehead atoms. The van der Waals surface area contributed by atoms with E-state index in [1.165, 1.54) is 23.3 Å². The number of thiophene rings is 1. The van der Waals surface area contributed by atoms with Crippen molar-refractivity contribution in [1.29, 1.82) is 0 Å². The SMILES string of the molecule is Cc1nc(S[C@H](C)C(=O)NC2CCCC2)c2c(C)c(C)sc2n1. The fourth-order valence-corrected chi connectivity index (χ4v) is 5.21. The summed E-state index contributed by atoms with van der Waals surface area (Å²) >= 11 is 3.25. The molecule has 2 heterocycles. The van der Waals surface area contributed by atoms with Crippen LogP contribution in [0.15, 0.2) is 5.03 Å². The van der Waals surface area contributed by atoms with Gasteiger partial charge in [-0.15, -0.1) is 11.3 Å². The summed E-state index contributed by atoms with van der Waals surface area (Å²) in [4.78, 5) is 23.9. The molecule has 2 aromatic rings. The van der Waals surface area contributed by atoms with Gasteiger partial charge in [0.1, 0.15) is 15.7 Å². The molecule has 1 aliphatic rings. The molecule has 0 radical (unpaired) electrons. The normalized spacial score (nSPS) is 16.9. The number of nitrogens with zero attached hydrogens (tertiary/aromatic N) is 2. The zero-order chi connectivity index (χ0) is 16.6. The van der Waals surface area contributed by atoms with E-state index in [9.17, 15) is 4.79 Å². The Balaban J connectivity index is 1.81. The maximum absolute atomic E-state index is 12.4. The van der Waals surface area contributed by atoms with Gasteiger partial charge in [0.05, 0.1) is 5.25 Å². The number of aromatic nitrogens is 2. The topological polar surface area (TPSA) is 54.9 Å². The summed E-state index contributed by atoms with van der Waals surface area (Å²) in [5, 5.41) is 5.08. The number of thioether (sulfide) groups is 1. The summed E-state index contributed by atoms with van der Waals surface area (Å²) < 4.78 is 0. The van der Waals surface area contributed by atoms with E-state index in [2.05, 4.69) is 29.1 Å². The van der Waals surface area contributed by atoms with Crippen molar-refractivity contribution in [1.82, 2.24) is 15.3 Å². The Labute approximate surface area is 145 Å². The molecule has 3 rings (SSSR count). The standard InChI is InChI=1S/C17H23N3OS2/c1-9-10(2)22-16-14(9)17(19-12(4)18-16)23-11(3)15(21)20-13-7-5-6-8-13/h11,13H,5-8H2,1-4H3,(H,20,21)/t11-/m1/s1. The van der Waals surface area contributed by atoms with Gasteiger partial charge >= 0.3 is 0 Å². The predicted molar refractivity (Wildman–Crippen MR) is 97.3 cm³/mol. The second kappa shape index (κ2) is 6.77. The molecule has 0 spiro atoms. The Hall–Kier alpha value is -1.14. The van der Waals surface area contributed by atoms with Crippen LogP contribution >= 0.6 is 23.1 Å². The smallest absolute Gasteiger partial charge is 0.233 e. The van der Waals surface area contributed by atoms with Crippen LogP contribution in [0.4, 0.5) is 0 Å². The van der Waals surface area contributed by atoms with Crippen LogP contribution in [0, 0.1) is 20.8 Å². The van der Waals surface area contributed by atoms with Crippen LogP contribution in [0.5, 0.6) is 0 Å². The molecule has 124 valence electrons. The van der Waals surface area contributed by atoms with E-state index in [1.807, 2.05) is 13.8 Å². The number of hydrogen-bond donors (Lipinski definition) is 1. The second-order valence-corrected chi connectivity index (χ2v) is 8.82. The van der Waals surface area contributed by atoms with Gasteiger partial charge in [-0.2, -0.15) is 0 Å². The molecule has 6 heteroatoms. The highest BCUT2D eigenvalue weighted by Crippen LogP contribution is 2.36. The van der Waals surface area contributed by atoms with Gasteiger partial charge < -0.3 is 5.32 Å². The Morgan fingerprint density at radius 2 is 1.96 bits per heavy atom. The molecule has 4 nitrogen and oxygen atoms in total. The van der Waals surface area contributed by atoms with Crippen LogP contribution in [-0.2, 0) is 4.79 Å². The molecule has 1 amide bonds. The lowest BCUT2D eigenvalue weighted by atomic mass is 10.2. The van der Waals surface area contributed by atoms with Gasteiger partial charge in [-0.1, -0.05) is 24.6 Å². The van der Waals surface area contributed by atoms with E-state index in [1.54, 1.807) is 23.1 Å². The van der Waals surface area contributed by atoms with Gasteiger partial charge in [0.25, 0.3) is 0 Å². The molecule has 2 aromatic heterocycles. The highest BCUT2D eigenvalue weighted by molar-refractivity contribution is 8.00. The predicted octanol–water partition coefficient (Wildman–Crippen LogP) is 4.16. The Kier molecular flexibility index (Phi) is 4.92.